The van der Waals surface area contributed by atoms with Crippen LogP contribution in [-0.4, -0.2) is 36.0 Å². The molecule has 42 heavy (non-hydrogen) atoms. The molecular formula is C34H28N2O6. The zero-order valence-corrected chi connectivity index (χ0v) is 22.9. The van der Waals surface area contributed by atoms with Gasteiger partial charge in [0.1, 0.15) is 12.4 Å². The van der Waals surface area contributed by atoms with Gasteiger partial charge in [0, 0.05) is 16.6 Å². The number of nitrogens with zero attached hydrogens (tertiary/aromatic N) is 1. The van der Waals surface area contributed by atoms with E-state index in [2.05, 4.69) is 5.32 Å². The molecule has 0 aliphatic rings. The van der Waals surface area contributed by atoms with Gasteiger partial charge < -0.3 is 19.5 Å². The van der Waals surface area contributed by atoms with Crippen LogP contribution in [0.15, 0.2) is 109 Å². The molecule has 4 aromatic carbocycles. The lowest BCUT2D eigenvalue weighted by Gasteiger charge is -2.11. The summed E-state index contributed by atoms with van der Waals surface area (Å²) in [6.45, 7) is 1.96. The molecule has 1 heterocycles. The third kappa shape index (κ3) is 6.98. The largest absolute Gasteiger partial charge is 0.489 e. The van der Waals surface area contributed by atoms with E-state index >= 15 is 0 Å². The smallest absolute Gasteiger partial charge is 0.339 e. The molecular weight excluding hydrogens is 532 g/mol. The molecule has 0 unspecified atom stereocenters. The molecule has 0 saturated carbocycles. The number of anilines is 1. The minimum absolute atomic E-state index is 0.271. The zero-order valence-electron chi connectivity index (χ0n) is 22.9. The fourth-order valence-electron chi connectivity index (χ4n) is 4.26. The van der Waals surface area contributed by atoms with Gasteiger partial charge in [-0.2, -0.15) is 0 Å². The van der Waals surface area contributed by atoms with Crippen LogP contribution in [0.1, 0.15) is 33.2 Å². The Hall–Kier alpha value is -5.50. The summed E-state index contributed by atoms with van der Waals surface area (Å²) in [6.07, 6.45) is 0. The van der Waals surface area contributed by atoms with E-state index < -0.39 is 24.5 Å². The van der Waals surface area contributed by atoms with E-state index in [1.807, 2.05) is 72.8 Å². The predicted octanol–water partition coefficient (Wildman–Crippen LogP) is 6.45. The van der Waals surface area contributed by atoms with Crippen molar-refractivity contribution in [3.63, 3.8) is 0 Å². The van der Waals surface area contributed by atoms with Gasteiger partial charge in [-0.05, 0) is 73.2 Å². The molecule has 0 saturated heterocycles. The maximum Gasteiger partial charge on any atom is 0.339 e. The molecule has 0 bridgehead atoms. The van der Waals surface area contributed by atoms with E-state index in [0.29, 0.717) is 45.8 Å². The van der Waals surface area contributed by atoms with Gasteiger partial charge in [0.25, 0.3) is 5.91 Å². The number of ether oxygens (including phenoxy) is 3. The second-order valence-corrected chi connectivity index (χ2v) is 9.29. The second-order valence-electron chi connectivity index (χ2n) is 9.29. The molecule has 0 aliphatic heterocycles. The first kappa shape index (κ1) is 28.0. The van der Waals surface area contributed by atoms with Crippen molar-refractivity contribution >= 4 is 34.4 Å². The van der Waals surface area contributed by atoms with Crippen molar-refractivity contribution in [2.24, 2.45) is 0 Å². The predicted molar refractivity (Wildman–Crippen MR) is 159 cm³/mol. The summed E-state index contributed by atoms with van der Waals surface area (Å²) in [4.78, 5) is 42.2. The van der Waals surface area contributed by atoms with E-state index in [-0.39, 0.29) is 6.61 Å². The molecule has 0 atom stereocenters. The number of fused-ring (bicyclic) bond motifs is 1. The Labute approximate surface area is 242 Å². The second kappa shape index (κ2) is 13.2. The van der Waals surface area contributed by atoms with Crippen LogP contribution in [0.2, 0.25) is 0 Å². The van der Waals surface area contributed by atoms with Gasteiger partial charge >= 0.3 is 11.9 Å². The molecule has 0 fully saturated rings. The van der Waals surface area contributed by atoms with Crippen molar-refractivity contribution in [1.29, 1.82) is 0 Å². The van der Waals surface area contributed by atoms with Gasteiger partial charge in [0.2, 0.25) is 0 Å². The zero-order chi connectivity index (χ0) is 29.3. The first-order valence-corrected chi connectivity index (χ1v) is 13.4. The summed E-state index contributed by atoms with van der Waals surface area (Å²) in [5.74, 6) is -0.896. The molecule has 5 aromatic rings. The average Bonchev–Trinajstić information content (AvgIpc) is 3.03. The van der Waals surface area contributed by atoms with Gasteiger partial charge in [0.15, 0.2) is 6.61 Å². The van der Waals surface area contributed by atoms with Crippen molar-refractivity contribution in [3.8, 4) is 17.0 Å². The van der Waals surface area contributed by atoms with Crippen LogP contribution < -0.4 is 10.1 Å². The molecule has 1 amide bonds. The molecule has 8 nitrogen and oxygen atoms in total. The summed E-state index contributed by atoms with van der Waals surface area (Å²) < 4.78 is 16.2. The van der Waals surface area contributed by atoms with E-state index in [1.165, 1.54) is 0 Å². The maximum atomic E-state index is 13.2. The van der Waals surface area contributed by atoms with E-state index in [4.69, 9.17) is 19.2 Å². The summed E-state index contributed by atoms with van der Waals surface area (Å²) in [5, 5.41) is 3.27. The average molecular weight is 561 g/mol. The van der Waals surface area contributed by atoms with Crippen LogP contribution in [0.4, 0.5) is 5.69 Å². The fourth-order valence-corrected chi connectivity index (χ4v) is 4.26. The lowest BCUT2D eigenvalue weighted by atomic mass is 10.0. The quantitative estimate of drug-likeness (QED) is 0.196. The summed E-state index contributed by atoms with van der Waals surface area (Å²) in [7, 11) is 0. The number of aromatic nitrogens is 1. The van der Waals surface area contributed by atoms with Gasteiger partial charge in [0.05, 0.1) is 28.9 Å². The number of para-hydroxylation sites is 1. The molecule has 0 spiro atoms. The maximum absolute atomic E-state index is 13.2. The van der Waals surface area contributed by atoms with E-state index in [1.54, 1.807) is 43.3 Å². The Balaban J connectivity index is 1.26. The van der Waals surface area contributed by atoms with Crippen molar-refractivity contribution in [2.75, 3.05) is 18.5 Å². The van der Waals surface area contributed by atoms with Crippen LogP contribution in [0.25, 0.3) is 22.2 Å². The summed E-state index contributed by atoms with van der Waals surface area (Å²) in [6, 6.07) is 32.6. The van der Waals surface area contributed by atoms with Gasteiger partial charge in [-0.15, -0.1) is 0 Å². The molecule has 1 N–H and O–H groups in total. The summed E-state index contributed by atoms with van der Waals surface area (Å²) >= 11 is 0. The highest BCUT2D eigenvalue weighted by atomic mass is 16.5. The normalized spacial score (nSPS) is 10.6. The highest BCUT2D eigenvalue weighted by Gasteiger charge is 2.17. The van der Waals surface area contributed by atoms with Crippen molar-refractivity contribution in [3.05, 3.63) is 126 Å². The Morgan fingerprint density at radius 2 is 1.48 bits per heavy atom. The Morgan fingerprint density at radius 3 is 2.21 bits per heavy atom. The monoisotopic (exact) mass is 560 g/mol. The Kier molecular flexibility index (Phi) is 8.84. The minimum atomic E-state index is -0.648. The topological polar surface area (TPSA) is 104 Å². The number of pyridine rings is 1. The number of amides is 1. The van der Waals surface area contributed by atoms with E-state index in [9.17, 15) is 14.4 Å². The van der Waals surface area contributed by atoms with Crippen molar-refractivity contribution in [2.45, 2.75) is 13.5 Å². The number of carbonyl (C=O) groups excluding carboxylic acids is 3. The van der Waals surface area contributed by atoms with Crippen LogP contribution in [-0.2, 0) is 20.9 Å². The lowest BCUT2D eigenvalue weighted by molar-refractivity contribution is -0.119. The molecule has 0 aliphatic carbocycles. The standard InChI is InChI=1S/C34H28N2O6/c1-2-40-33(38)25-12-16-26(17-13-25)35-32(37)22-42-34(39)29-20-31(36-30-11-7-6-10-28(29)30)24-14-18-27(19-15-24)41-21-23-8-4-3-5-9-23/h3-20H,2,21-22H2,1H3,(H,35,37). The third-order valence-electron chi connectivity index (χ3n) is 6.35. The fraction of sp³-hybridized carbons (Fsp3) is 0.118. The van der Waals surface area contributed by atoms with Crippen LogP contribution in [0, 0.1) is 0 Å². The minimum Gasteiger partial charge on any atom is -0.489 e. The lowest BCUT2D eigenvalue weighted by Crippen LogP contribution is -2.21. The van der Waals surface area contributed by atoms with Crippen LogP contribution >= 0.6 is 0 Å². The highest BCUT2D eigenvalue weighted by molar-refractivity contribution is 6.05. The van der Waals surface area contributed by atoms with Crippen LogP contribution in [0.3, 0.4) is 0 Å². The van der Waals surface area contributed by atoms with Gasteiger partial charge in [-0.3, -0.25) is 4.79 Å². The number of hydrogen-bond acceptors (Lipinski definition) is 7. The number of benzene rings is 4. The Bertz CT molecular complexity index is 1700. The first-order valence-electron chi connectivity index (χ1n) is 13.4. The number of hydrogen-bond donors (Lipinski definition) is 1. The first-order chi connectivity index (χ1) is 20.5. The number of carbonyl (C=O) groups is 3. The number of nitrogens with one attached hydrogen (secondary N) is 1. The van der Waals surface area contributed by atoms with Gasteiger partial charge in [-0.25, -0.2) is 14.6 Å². The molecule has 210 valence electrons. The number of esters is 2. The Morgan fingerprint density at radius 1 is 0.762 bits per heavy atom. The molecule has 1 aromatic heterocycles. The van der Waals surface area contributed by atoms with Crippen molar-refractivity contribution < 1.29 is 28.6 Å². The third-order valence-corrected chi connectivity index (χ3v) is 6.35. The molecule has 0 radical (unpaired) electrons. The SMILES string of the molecule is CCOC(=O)c1ccc(NC(=O)COC(=O)c2cc(-c3ccc(OCc4ccccc4)cc3)nc3ccccc23)cc1. The highest BCUT2D eigenvalue weighted by Crippen LogP contribution is 2.27. The number of rotatable bonds is 10. The molecule has 5 rings (SSSR count). The van der Waals surface area contributed by atoms with E-state index in [0.717, 1.165) is 11.1 Å². The van der Waals surface area contributed by atoms with Crippen LogP contribution in [0.5, 0.6) is 5.75 Å². The van der Waals surface area contributed by atoms with Crippen molar-refractivity contribution in [1.82, 2.24) is 4.98 Å². The summed E-state index contributed by atoms with van der Waals surface area (Å²) in [5.41, 5.74) is 4.20. The van der Waals surface area contributed by atoms with Gasteiger partial charge in [-0.1, -0.05) is 48.5 Å². The molecule has 8 heteroatoms.